The molecule has 0 aliphatic carbocycles. The summed E-state index contributed by atoms with van der Waals surface area (Å²) in [6.07, 6.45) is 1.34. The zero-order valence-electron chi connectivity index (χ0n) is 8.71. The topological polar surface area (TPSA) is 63.1 Å². The minimum atomic E-state index is -1.01. The number of benzene rings is 1. The van der Waals surface area contributed by atoms with E-state index < -0.39 is 5.97 Å². The van der Waals surface area contributed by atoms with Gasteiger partial charge in [-0.25, -0.2) is 14.8 Å². The van der Waals surface area contributed by atoms with Crippen molar-refractivity contribution in [2.45, 2.75) is 6.92 Å². The van der Waals surface area contributed by atoms with Crippen LogP contribution < -0.4 is 0 Å². The molecule has 1 aromatic heterocycles. The summed E-state index contributed by atoms with van der Waals surface area (Å²) in [6, 6.07) is 9.22. The summed E-state index contributed by atoms with van der Waals surface area (Å²) < 4.78 is 0. The summed E-state index contributed by atoms with van der Waals surface area (Å²) in [5.74, 6) is -0.456. The summed E-state index contributed by atoms with van der Waals surface area (Å²) in [7, 11) is 0. The van der Waals surface area contributed by atoms with Crippen LogP contribution in [0.1, 0.15) is 16.2 Å². The van der Waals surface area contributed by atoms with Gasteiger partial charge < -0.3 is 5.11 Å². The Morgan fingerprint density at radius 2 is 1.94 bits per heavy atom. The molecule has 0 spiro atoms. The van der Waals surface area contributed by atoms with Crippen molar-refractivity contribution in [3.05, 3.63) is 47.9 Å². The second-order valence-electron chi connectivity index (χ2n) is 3.35. The van der Waals surface area contributed by atoms with Gasteiger partial charge in [-0.05, 0) is 6.92 Å². The lowest BCUT2D eigenvalue weighted by atomic mass is 10.1. The zero-order valence-corrected chi connectivity index (χ0v) is 8.71. The molecule has 0 radical (unpaired) electrons. The number of aromatic carboxylic acids is 1. The van der Waals surface area contributed by atoms with E-state index in [0.717, 1.165) is 5.56 Å². The molecule has 0 aliphatic heterocycles. The summed E-state index contributed by atoms with van der Waals surface area (Å²) in [5.41, 5.74) is 1.36. The molecule has 0 atom stereocenters. The van der Waals surface area contributed by atoms with E-state index in [2.05, 4.69) is 9.97 Å². The van der Waals surface area contributed by atoms with E-state index in [1.165, 1.54) is 6.20 Å². The molecule has 1 heterocycles. The van der Waals surface area contributed by atoms with Gasteiger partial charge in [-0.3, -0.25) is 0 Å². The summed E-state index contributed by atoms with van der Waals surface area (Å²) in [5, 5.41) is 9.04. The van der Waals surface area contributed by atoms with Crippen LogP contribution in [0, 0.1) is 6.92 Å². The van der Waals surface area contributed by atoms with Gasteiger partial charge in [-0.1, -0.05) is 30.3 Å². The second-order valence-corrected chi connectivity index (χ2v) is 3.35. The Bertz CT molecular complexity index is 524. The van der Waals surface area contributed by atoms with Gasteiger partial charge in [0.05, 0.1) is 5.69 Å². The molecule has 0 saturated carbocycles. The van der Waals surface area contributed by atoms with Gasteiger partial charge in [0.15, 0.2) is 0 Å². The van der Waals surface area contributed by atoms with Gasteiger partial charge in [0.1, 0.15) is 11.4 Å². The fraction of sp³-hybridized carbons (Fsp3) is 0.0833. The predicted octanol–water partition coefficient (Wildman–Crippen LogP) is 2.15. The lowest BCUT2D eigenvalue weighted by molar-refractivity contribution is 0.0697. The number of aryl methyl sites for hydroxylation is 1. The molecule has 2 rings (SSSR count). The number of hydrogen-bond acceptors (Lipinski definition) is 3. The first-order chi connectivity index (χ1) is 7.68. The van der Waals surface area contributed by atoms with E-state index in [4.69, 9.17) is 5.11 Å². The van der Waals surface area contributed by atoms with Crippen molar-refractivity contribution in [1.82, 2.24) is 9.97 Å². The van der Waals surface area contributed by atoms with Crippen LogP contribution in [0.2, 0.25) is 0 Å². The fourth-order valence-electron chi connectivity index (χ4n) is 1.44. The highest BCUT2D eigenvalue weighted by atomic mass is 16.4. The number of hydrogen-bond donors (Lipinski definition) is 1. The predicted molar refractivity (Wildman–Crippen MR) is 59.2 cm³/mol. The highest BCUT2D eigenvalue weighted by molar-refractivity contribution is 5.94. The monoisotopic (exact) mass is 214 g/mol. The second kappa shape index (κ2) is 4.10. The van der Waals surface area contributed by atoms with Crippen LogP contribution in [0.5, 0.6) is 0 Å². The molecule has 4 nitrogen and oxygen atoms in total. The van der Waals surface area contributed by atoms with Crippen LogP contribution in [0.4, 0.5) is 0 Å². The van der Waals surface area contributed by atoms with Crippen LogP contribution in [0.25, 0.3) is 11.3 Å². The Morgan fingerprint density at radius 1 is 1.25 bits per heavy atom. The Kier molecular flexibility index (Phi) is 2.64. The third-order valence-corrected chi connectivity index (χ3v) is 2.19. The summed E-state index contributed by atoms with van der Waals surface area (Å²) in [4.78, 5) is 19.1. The van der Waals surface area contributed by atoms with Crippen LogP contribution >= 0.6 is 0 Å². The first-order valence-electron chi connectivity index (χ1n) is 4.81. The van der Waals surface area contributed by atoms with Crippen LogP contribution in [-0.2, 0) is 0 Å². The average molecular weight is 214 g/mol. The van der Waals surface area contributed by atoms with E-state index >= 15 is 0 Å². The molecule has 16 heavy (non-hydrogen) atoms. The lowest BCUT2D eigenvalue weighted by Crippen LogP contribution is -2.04. The van der Waals surface area contributed by atoms with Crippen molar-refractivity contribution in [2.24, 2.45) is 0 Å². The molecule has 0 bridgehead atoms. The minimum Gasteiger partial charge on any atom is -0.478 e. The number of carboxylic acid groups (broad SMARTS) is 1. The molecule has 1 N–H and O–H groups in total. The molecular formula is C12H10N2O2. The van der Waals surface area contributed by atoms with Gasteiger partial charge in [0.25, 0.3) is 0 Å². The fourth-order valence-corrected chi connectivity index (χ4v) is 1.44. The quantitative estimate of drug-likeness (QED) is 0.831. The third-order valence-electron chi connectivity index (χ3n) is 2.19. The van der Waals surface area contributed by atoms with E-state index in [9.17, 15) is 4.79 Å². The van der Waals surface area contributed by atoms with Gasteiger partial charge in [-0.15, -0.1) is 0 Å². The number of carboxylic acids is 1. The van der Waals surface area contributed by atoms with Gasteiger partial charge in [0, 0.05) is 11.8 Å². The largest absolute Gasteiger partial charge is 0.478 e. The zero-order chi connectivity index (χ0) is 11.5. The van der Waals surface area contributed by atoms with Gasteiger partial charge in [-0.2, -0.15) is 0 Å². The molecule has 2 aromatic rings. The van der Waals surface area contributed by atoms with E-state index in [-0.39, 0.29) is 5.56 Å². The number of rotatable bonds is 2. The van der Waals surface area contributed by atoms with Crippen LogP contribution in [0.15, 0.2) is 36.5 Å². The Morgan fingerprint density at radius 3 is 2.56 bits per heavy atom. The molecule has 80 valence electrons. The third kappa shape index (κ3) is 1.91. The molecular weight excluding hydrogens is 204 g/mol. The molecule has 0 fully saturated rings. The van der Waals surface area contributed by atoms with Crippen molar-refractivity contribution in [1.29, 1.82) is 0 Å². The van der Waals surface area contributed by atoms with E-state index in [0.29, 0.717) is 11.5 Å². The Balaban J connectivity index is 2.63. The molecule has 0 amide bonds. The van der Waals surface area contributed by atoms with Crippen LogP contribution in [0.3, 0.4) is 0 Å². The maximum Gasteiger partial charge on any atom is 0.339 e. The maximum absolute atomic E-state index is 11.0. The molecule has 0 saturated heterocycles. The maximum atomic E-state index is 11.0. The molecule has 0 aliphatic rings. The van der Waals surface area contributed by atoms with Crippen LogP contribution in [-0.4, -0.2) is 21.0 Å². The first-order valence-corrected chi connectivity index (χ1v) is 4.81. The van der Waals surface area contributed by atoms with Gasteiger partial charge >= 0.3 is 5.97 Å². The van der Waals surface area contributed by atoms with E-state index in [1.807, 2.05) is 30.3 Å². The van der Waals surface area contributed by atoms with Crippen molar-refractivity contribution in [2.75, 3.05) is 0 Å². The number of carbonyl (C=O) groups is 1. The normalized spacial score (nSPS) is 10.1. The number of nitrogens with zero attached hydrogens (tertiary/aromatic N) is 2. The minimum absolute atomic E-state index is 0.122. The standard InChI is InChI=1S/C12H10N2O2/c1-8-13-7-10(12(15)16)11(14-8)9-5-3-2-4-6-9/h2-7H,1H3,(H,15,16). The lowest BCUT2D eigenvalue weighted by Gasteiger charge is -2.05. The molecule has 1 aromatic carbocycles. The first kappa shape index (κ1) is 10.3. The van der Waals surface area contributed by atoms with Crippen molar-refractivity contribution >= 4 is 5.97 Å². The van der Waals surface area contributed by atoms with Gasteiger partial charge in [0.2, 0.25) is 0 Å². The average Bonchev–Trinajstić information content (AvgIpc) is 2.29. The highest BCUT2D eigenvalue weighted by Gasteiger charge is 2.13. The van der Waals surface area contributed by atoms with E-state index in [1.54, 1.807) is 6.92 Å². The Hall–Kier alpha value is -2.23. The Labute approximate surface area is 92.6 Å². The smallest absolute Gasteiger partial charge is 0.339 e. The molecule has 4 heteroatoms. The molecule has 0 unspecified atom stereocenters. The van der Waals surface area contributed by atoms with Crippen molar-refractivity contribution < 1.29 is 9.90 Å². The summed E-state index contributed by atoms with van der Waals surface area (Å²) in [6.45, 7) is 1.73. The summed E-state index contributed by atoms with van der Waals surface area (Å²) >= 11 is 0. The number of aromatic nitrogens is 2. The van der Waals surface area contributed by atoms with Crippen molar-refractivity contribution in [3.8, 4) is 11.3 Å². The van der Waals surface area contributed by atoms with Crippen molar-refractivity contribution in [3.63, 3.8) is 0 Å². The highest BCUT2D eigenvalue weighted by Crippen LogP contribution is 2.20. The SMILES string of the molecule is Cc1ncc(C(=O)O)c(-c2ccccc2)n1.